The second-order valence-corrected chi connectivity index (χ2v) is 5.95. The molecule has 7 heteroatoms. The number of ether oxygens (including phenoxy) is 1. The fourth-order valence-electron chi connectivity index (χ4n) is 2.01. The van der Waals surface area contributed by atoms with Gasteiger partial charge in [-0.3, -0.25) is 10.1 Å². The molecule has 0 heterocycles. The van der Waals surface area contributed by atoms with Crippen molar-refractivity contribution < 1.29 is 14.5 Å². The predicted octanol–water partition coefficient (Wildman–Crippen LogP) is 4.85. The number of nitrogens with zero attached hydrogens (tertiary/aromatic N) is 1. The normalized spacial score (nSPS) is 10.4. The van der Waals surface area contributed by atoms with Crippen LogP contribution < -0.4 is 4.74 Å². The summed E-state index contributed by atoms with van der Waals surface area (Å²) in [6, 6.07) is 7.63. The Hall–Kier alpha value is -1.92. The maximum absolute atomic E-state index is 12.3. The number of hydrogen-bond donors (Lipinski definition) is 0. The zero-order chi connectivity index (χ0) is 16.4. The van der Waals surface area contributed by atoms with Crippen molar-refractivity contribution >= 4 is 39.2 Å². The van der Waals surface area contributed by atoms with Crippen molar-refractivity contribution in [2.24, 2.45) is 0 Å². The topological polar surface area (TPSA) is 69.4 Å². The molecule has 5 nitrogen and oxygen atoms in total. The third kappa shape index (κ3) is 3.28. The molecule has 0 fully saturated rings. The molecule has 0 unspecified atom stereocenters. The maximum atomic E-state index is 12.3. The lowest BCUT2D eigenvalue weighted by Crippen LogP contribution is -2.12. The molecule has 0 bridgehead atoms. The van der Waals surface area contributed by atoms with Crippen molar-refractivity contribution in [3.8, 4) is 5.75 Å². The number of hydrogen-bond acceptors (Lipinski definition) is 4. The molecule has 0 atom stereocenters. The van der Waals surface area contributed by atoms with Gasteiger partial charge >= 0.3 is 5.97 Å². The number of esters is 1. The summed E-state index contributed by atoms with van der Waals surface area (Å²) in [6.07, 6.45) is 0. The molecular weight excluding hydrogens is 374 g/mol. The van der Waals surface area contributed by atoms with E-state index >= 15 is 0 Å². The molecule has 0 spiro atoms. The number of halogens is 2. The minimum atomic E-state index is -0.687. The third-order valence-electron chi connectivity index (χ3n) is 3.11. The summed E-state index contributed by atoms with van der Waals surface area (Å²) >= 11 is 9.37. The third-order valence-corrected chi connectivity index (χ3v) is 3.85. The lowest BCUT2D eigenvalue weighted by atomic mass is 10.1. The summed E-state index contributed by atoms with van der Waals surface area (Å²) in [4.78, 5) is 22.7. The van der Waals surface area contributed by atoms with Crippen LogP contribution in [0.2, 0.25) is 5.02 Å². The summed E-state index contributed by atoms with van der Waals surface area (Å²) < 4.78 is 6.08. The van der Waals surface area contributed by atoms with Crippen molar-refractivity contribution in [3.63, 3.8) is 0 Å². The average molecular weight is 385 g/mol. The van der Waals surface area contributed by atoms with Crippen LogP contribution in [0, 0.1) is 24.0 Å². The molecule has 2 aromatic rings. The van der Waals surface area contributed by atoms with E-state index in [1.807, 2.05) is 0 Å². The monoisotopic (exact) mass is 383 g/mol. The number of carbonyl (C=O) groups excluding carboxylic acids is 1. The molecule has 0 aliphatic rings. The lowest BCUT2D eigenvalue weighted by molar-refractivity contribution is -0.385. The van der Waals surface area contributed by atoms with Gasteiger partial charge in [0, 0.05) is 16.1 Å². The Labute approximate surface area is 140 Å². The molecule has 0 aliphatic heterocycles. The first-order valence-electron chi connectivity index (χ1n) is 6.23. The second kappa shape index (κ2) is 6.46. The quantitative estimate of drug-likeness (QED) is 0.328. The van der Waals surface area contributed by atoms with Gasteiger partial charge in [0.1, 0.15) is 0 Å². The van der Waals surface area contributed by atoms with Gasteiger partial charge in [-0.1, -0.05) is 33.6 Å². The van der Waals surface area contributed by atoms with Gasteiger partial charge in [0.2, 0.25) is 0 Å². The SMILES string of the molecule is Cc1cc(Br)cc(Cl)c1OC(=O)c1cccc([N+](=O)[O-])c1C. The molecule has 0 radical (unpaired) electrons. The molecule has 0 saturated heterocycles. The van der Waals surface area contributed by atoms with Gasteiger partial charge in [0.15, 0.2) is 5.75 Å². The Kier molecular flexibility index (Phi) is 4.83. The van der Waals surface area contributed by atoms with Crippen LogP contribution in [0.1, 0.15) is 21.5 Å². The summed E-state index contributed by atoms with van der Waals surface area (Å²) in [5.74, 6) is -0.450. The molecule has 0 saturated carbocycles. The van der Waals surface area contributed by atoms with Crippen LogP contribution in [0.5, 0.6) is 5.75 Å². The highest BCUT2D eigenvalue weighted by molar-refractivity contribution is 9.10. The van der Waals surface area contributed by atoms with Crippen LogP contribution in [0.25, 0.3) is 0 Å². The fourth-order valence-corrected chi connectivity index (χ4v) is 3.02. The van der Waals surface area contributed by atoms with E-state index < -0.39 is 10.9 Å². The van der Waals surface area contributed by atoms with Crippen LogP contribution in [0.3, 0.4) is 0 Å². The predicted molar refractivity (Wildman–Crippen MR) is 86.7 cm³/mol. The zero-order valence-electron chi connectivity index (χ0n) is 11.7. The molecular formula is C15H11BrClNO4. The maximum Gasteiger partial charge on any atom is 0.344 e. The highest BCUT2D eigenvalue weighted by Gasteiger charge is 2.21. The smallest absolute Gasteiger partial charge is 0.344 e. The van der Waals surface area contributed by atoms with Crippen LogP contribution in [-0.4, -0.2) is 10.9 Å². The van der Waals surface area contributed by atoms with Crippen molar-refractivity contribution in [3.05, 3.63) is 66.6 Å². The minimum absolute atomic E-state index is 0.131. The van der Waals surface area contributed by atoms with Crippen molar-refractivity contribution in [2.45, 2.75) is 13.8 Å². The van der Waals surface area contributed by atoms with E-state index in [2.05, 4.69) is 15.9 Å². The Morgan fingerprint density at radius 3 is 2.59 bits per heavy atom. The van der Waals surface area contributed by atoms with Crippen molar-refractivity contribution in [2.75, 3.05) is 0 Å². The van der Waals surface area contributed by atoms with Crippen LogP contribution in [0.15, 0.2) is 34.8 Å². The van der Waals surface area contributed by atoms with E-state index in [0.29, 0.717) is 5.56 Å². The van der Waals surface area contributed by atoms with Gasteiger partial charge in [0.05, 0.1) is 15.5 Å². The van der Waals surface area contributed by atoms with Gasteiger partial charge in [-0.15, -0.1) is 0 Å². The molecule has 0 aromatic heterocycles. The first kappa shape index (κ1) is 16.5. The van der Waals surface area contributed by atoms with Gasteiger partial charge in [-0.05, 0) is 37.6 Å². The molecule has 114 valence electrons. The Balaban J connectivity index is 2.39. The van der Waals surface area contributed by atoms with Gasteiger partial charge < -0.3 is 4.74 Å². The fraction of sp³-hybridized carbons (Fsp3) is 0.133. The Bertz CT molecular complexity index is 753. The molecule has 2 rings (SSSR count). The first-order valence-corrected chi connectivity index (χ1v) is 7.40. The van der Waals surface area contributed by atoms with E-state index in [0.717, 1.165) is 4.47 Å². The van der Waals surface area contributed by atoms with Gasteiger partial charge in [-0.2, -0.15) is 0 Å². The summed E-state index contributed by atoms with van der Waals surface area (Å²) in [7, 11) is 0. The van der Waals surface area contributed by atoms with E-state index in [-0.39, 0.29) is 27.6 Å². The number of benzene rings is 2. The molecule has 22 heavy (non-hydrogen) atoms. The standard InChI is InChI=1S/C15H11BrClNO4/c1-8-6-10(16)7-12(17)14(8)22-15(19)11-4-3-5-13(9(11)2)18(20)21/h3-7H,1-2H3. The van der Waals surface area contributed by atoms with E-state index in [9.17, 15) is 14.9 Å². The number of rotatable bonds is 3. The van der Waals surface area contributed by atoms with Crippen LogP contribution >= 0.6 is 27.5 Å². The number of carbonyl (C=O) groups is 1. The van der Waals surface area contributed by atoms with Crippen molar-refractivity contribution in [1.29, 1.82) is 0 Å². The summed E-state index contributed by atoms with van der Waals surface area (Å²) in [6.45, 7) is 3.25. The lowest BCUT2D eigenvalue weighted by Gasteiger charge is -2.11. The number of nitro groups is 1. The second-order valence-electron chi connectivity index (χ2n) is 4.63. The van der Waals surface area contributed by atoms with Crippen LogP contribution in [-0.2, 0) is 0 Å². The van der Waals surface area contributed by atoms with E-state index in [1.54, 1.807) is 19.1 Å². The van der Waals surface area contributed by atoms with Crippen LogP contribution in [0.4, 0.5) is 5.69 Å². The summed E-state index contributed by atoms with van der Waals surface area (Å²) in [5, 5.41) is 11.2. The number of nitro benzene ring substituents is 1. The zero-order valence-corrected chi connectivity index (χ0v) is 14.1. The molecule has 0 N–H and O–H groups in total. The minimum Gasteiger partial charge on any atom is -0.421 e. The van der Waals surface area contributed by atoms with E-state index in [4.69, 9.17) is 16.3 Å². The Morgan fingerprint density at radius 1 is 1.32 bits per heavy atom. The van der Waals surface area contributed by atoms with E-state index in [1.165, 1.54) is 25.1 Å². The molecule has 2 aromatic carbocycles. The van der Waals surface area contributed by atoms with Gasteiger partial charge in [-0.25, -0.2) is 4.79 Å². The van der Waals surface area contributed by atoms with Crippen molar-refractivity contribution in [1.82, 2.24) is 0 Å². The highest BCUT2D eigenvalue weighted by Crippen LogP contribution is 2.33. The Morgan fingerprint density at radius 2 is 2.00 bits per heavy atom. The molecule has 0 aliphatic carbocycles. The first-order chi connectivity index (χ1) is 10.3. The average Bonchev–Trinajstić information content (AvgIpc) is 2.42. The molecule has 0 amide bonds. The highest BCUT2D eigenvalue weighted by atomic mass is 79.9. The largest absolute Gasteiger partial charge is 0.421 e. The van der Waals surface area contributed by atoms with Gasteiger partial charge in [0.25, 0.3) is 5.69 Å². The number of aryl methyl sites for hydroxylation is 1. The summed E-state index contributed by atoms with van der Waals surface area (Å²) in [5.41, 5.74) is 0.930.